The predicted molar refractivity (Wildman–Crippen MR) is 71.7 cm³/mol. The SMILES string of the molecule is CCCc1ccc(-c2nc(C=O)sc2C)cc1. The molecule has 2 nitrogen and oxygen atoms in total. The zero-order chi connectivity index (χ0) is 12.3. The second kappa shape index (κ2) is 5.23. The molecule has 0 radical (unpaired) electrons. The average Bonchev–Trinajstić information content (AvgIpc) is 2.72. The minimum absolute atomic E-state index is 0.551. The van der Waals surface area contributed by atoms with Crippen molar-refractivity contribution in [3.8, 4) is 11.3 Å². The van der Waals surface area contributed by atoms with Gasteiger partial charge >= 0.3 is 0 Å². The summed E-state index contributed by atoms with van der Waals surface area (Å²) >= 11 is 1.44. The van der Waals surface area contributed by atoms with E-state index in [1.165, 1.54) is 16.9 Å². The molecule has 3 heteroatoms. The van der Waals surface area contributed by atoms with Crippen molar-refractivity contribution in [1.29, 1.82) is 0 Å². The van der Waals surface area contributed by atoms with Crippen LogP contribution in [0.2, 0.25) is 0 Å². The molecular formula is C14H15NOS. The smallest absolute Gasteiger partial charge is 0.178 e. The maximum Gasteiger partial charge on any atom is 0.178 e. The van der Waals surface area contributed by atoms with Crippen LogP contribution in [0.15, 0.2) is 24.3 Å². The summed E-state index contributed by atoms with van der Waals surface area (Å²) in [5.74, 6) is 0. The summed E-state index contributed by atoms with van der Waals surface area (Å²) in [5.41, 5.74) is 3.37. The van der Waals surface area contributed by atoms with Gasteiger partial charge < -0.3 is 0 Å². The van der Waals surface area contributed by atoms with Crippen molar-refractivity contribution in [2.24, 2.45) is 0 Å². The largest absolute Gasteiger partial charge is 0.295 e. The molecule has 0 aliphatic carbocycles. The molecule has 0 atom stereocenters. The fourth-order valence-electron chi connectivity index (χ4n) is 1.85. The predicted octanol–water partition coefficient (Wildman–Crippen LogP) is 3.88. The molecule has 17 heavy (non-hydrogen) atoms. The number of aromatic nitrogens is 1. The van der Waals surface area contributed by atoms with Gasteiger partial charge in [0.1, 0.15) is 0 Å². The molecule has 0 saturated heterocycles. The Labute approximate surface area is 105 Å². The molecule has 2 aromatic rings. The molecule has 0 bridgehead atoms. The number of benzene rings is 1. The number of hydrogen-bond acceptors (Lipinski definition) is 3. The van der Waals surface area contributed by atoms with Crippen LogP contribution >= 0.6 is 11.3 Å². The van der Waals surface area contributed by atoms with E-state index in [9.17, 15) is 4.79 Å². The highest BCUT2D eigenvalue weighted by atomic mass is 32.1. The van der Waals surface area contributed by atoms with Gasteiger partial charge in [-0.2, -0.15) is 0 Å². The van der Waals surface area contributed by atoms with E-state index in [4.69, 9.17) is 0 Å². The van der Waals surface area contributed by atoms with Crippen molar-refractivity contribution in [3.05, 3.63) is 39.7 Å². The van der Waals surface area contributed by atoms with Gasteiger partial charge in [0.2, 0.25) is 0 Å². The molecule has 0 aliphatic rings. The van der Waals surface area contributed by atoms with Gasteiger partial charge in [0.15, 0.2) is 11.3 Å². The second-order valence-corrected chi connectivity index (χ2v) is 5.26. The van der Waals surface area contributed by atoms with E-state index < -0.39 is 0 Å². The van der Waals surface area contributed by atoms with Crippen LogP contribution in [0.3, 0.4) is 0 Å². The van der Waals surface area contributed by atoms with Crippen molar-refractivity contribution in [2.45, 2.75) is 26.7 Å². The molecule has 0 amide bonds. The summed E-state index contributed by atoms with van der Waals surface area (Å²) in [6.45, 7) is 4.18. The molecule has 88 valence electrons. The molecule has 0 fully saturated rings. The maximum absolute atomic E-state index is 10.7. The van der Waals surface area contributed by atoms with Crippen molar-refractivity contribution >= 4 is 17.6 Å². The Hall–Kier alpha value is -1.48. The van der Waals surface area contributed by atoms with Gasteiger partial charge in [-0.25, -0.2) is 4.98 Å². The van der Waals surface area contributed by atoms with Gasteiger partial charge in [-0.15, -0.1) is 11.3 Å². The average molecular weight is 245 g/mol. The third-order valence-electron chi connectivity index (χ3n) is 2.68. The van der Waals surface area contributed by atoms with Crippen LogP contribution in [0.5, 0.6) is 0 Å². The number of aryl methyl sites for hydroxylation is 2. The van der Waals surface area contributed by atoms with Gasteiger partial charge in [-0.1, -0.05) is 37.6 Å². The Bertz CT molecular complexity index is 514. The molecule has 0 spiro atoms. The molecule has 2 rings (SSSR count). The number of carbonyl (C=O) groups excluding carboxylic acids is 1. The molecule has 1 heterocycles. The lowest BCUT2D eigenvalue weighted by atomic mass is 10.1. The van der Waals surface area contributed by atoms with E-state index in [1.807, 2.05) is 6.92 Å². The number of thiazole rings is 1. The lowest BCUT2D eigenvalue weighted by Gasteiger charge is -2.01. The standard InChI is InChI=1S/C14H15NOS/c1-3-4-11-5-7-12(8-6-11)14-10(2)17-13(9-16)15-14/h5-9H,3-4H2,1-2H3. The van der Waals surface area contributed by atoms with Crippen molar-refractivity contribution in [3.63, 3.8) is 0 Å². The van der Waals surface area contributed by atoms with E-state index in [0.29, 0.717) is 5.01 Å². The Morgan fingerprint density at radius 1 is 1.29 bits per heavy atom. The summed E-state index contributed by atoms with van der Waals surface area (Å²) in [4.78, 5) is 16.1. The summed E-state index contributed by atoms with van der Waals surface area (Å²) in [6, 6.07) is 8.44. The quantitative estimate of drug-likeness (QED) is 0.765. The van der Waals surface area contributed by atoms with E-state index in [0.717, 1.165) is 35.3 Å². The molecule has 0 unspecified atom stereocenters. The summed E-state index contributed by atoms with van der Waals surface area (Å²) in [7, 11) is 0. The number of nitrogens with zero attached hydrogens (tertiary/aromatic N) is 1. The minimum atomic E-state index is 0.551. The molecule has 0 saturated carbocycles. The maximum atomic E-state index is 10.7. The van der Waals surface area contributed by atoms with Gasteiger partial charge in [-0.05, 0) is 18.9 Å². The van der Waals surface area contributed by atoms with Crippen LogP contribution in [-0.2, 0) is 6.42 Å². The highest BCUT2D eigenvalue weighted by molar-refractivity contribution is 7.13. The molecular weight excluding hydrogens is 230 g/mol. The highest BCUT2D eigenvalue weighted by Gasteiger charge is 2.08. The molecule has 0 aliphatic heterocycles. The molecule has 0 N–H and O–H groups in total. The van der Waals surface area contributed by atoms with E-state index in [-0.39, 0.29) is 0 Å². The first-order valence-electron chi connectivity index (χ1n) is 5.76. The van der Waals surface area contributed by atoms with E-state index >= 15 is 0 Å². The third kappa shape index (κ3) is 2.61. The zero-order valence-electron chi connectivity index (χ0n) is 10.1. The summed E-state index contributed by atoms with van der Waals surface area (Å²) < 4.78 is 0. The first kappa shape index (κ1) is 12.0. The van der Waals surface area contributed by atoms with Crippen molar-refractivity contribution in [1.82, 2.24) is 4.98 Å². The van der Waals surface area contributed by atoms with Gasteiger partial charge in [-0.3, -0.25) is 4.79 Å². The number of rotatable bonds is 4. The topological polar surface area (TPSA) is 30.0 Å². The summed E-state index contributed by atoms with van der Waals surface area (Å²) in [6.07, 6.45) is 3.08. The van der Waals surface area contributed by atoms with E-state index in [1.54, 1.807) is 0 Å². The van der Waals surface area contributed by atoms with Gasteiger partial charge in [0, 0.05) is 10.4 Å². The minimum Gasteiger partial charge on any atom is -0.295 e. The third-order valence-corrected chi connectivity index (χ3v) is 3.58. The van der Waals surface area contributed by atoms with Crippen LogP contribution in [0, 0.1) is 6.92 Å². The van der Waals surface area contributed by atoms with Crippen LogP contribution in [-0.4, -0.2) is 11.3 Å². The number of aldehydes is 1. The van der Waals surface area contributed by atoms with Crippen LogP contribution < -0.4 is 0 Å². The first-order chi connectivity index (χ1) is 8.24. The van der Waals surface area contributed by atoms with Crippen LogP contribution in [0.1, 0.15) is 33.6 Å². The number of carbonyl (C=O) groups is 1. The fourth-order valence-corrected chi connectivity index (χ4v) is 2.61. The van der Waals surface area contributed by atoms with Gasteiger partial charge in [0.05, 0.1) is 5.69 Å². The Morgan fingerprint density at radius 3 is 2.53 bits per heavy atom. The van der Waals surface area contributed by atoms with Crippen LogP contribution in [0.4, 0.5) is 0 Å². The lowest BCUT2D eigenvalue weighted by molar-refractivity contribution is 0.112. The zero-order valence-corrected chi connectivity index (χ0v) is 10.9. The summed E-state index contributed by atoms with van der Waals surface area (Å²) in [5, 5.41) is 0.551. The van der Waals surface area contributed by atoms with Crippen molar-refractivity contribution < 1.29 is 4.79 Å². The lowest BCUT2D eigenvalue weighted by Crippen LogP contribution is -1.85. The first-order valence-corrected chi connectivity index (χ1v) is 6.58. The molecule has 1 aromatic heterocycles. The number of hydrogen-bond donors (Lipinski definition) is 0. The normalized spacial score (nSPS) is 10.5. The van der Waals surface area contributed by atoms with E-state index in [2.05, 4.69) is 36.2 Å². The van der Waals surface area contributed by atoms with Crippen molar-refractivity contribution in [2.75, 3.05) is 0 Å². The monoisotopic (exact) mass is 245 g/mol. The Morgan fingerprint density at radius 2 is 2.00 bits per heavy atom. The second-order valence-electron chi connectivity index (χ2n) is 4.02. The highest BCUT2D eigenvalue weighted by Crippen LogP contribution is 2.27. The van der Waals surface area contributed by atoms with Crippen LogP contribution in [0.25, 0.3) is 11.3 Å². The fraction of sp³-hybridized carbons (Fsp3) is 0.286. The molecule has 1 aromatic carbocycles. The Balaban J connectivity index is 2.32. The van der Waals surface area contributed by atoms with Gasteiger partial charge in [0.25, 0.3) is 0 Å². The Kier molecular flexibility index (Phi) is 3.69.